The van der Waals surface area contributed by atoms with Crippen LogP contribution in [0.15, 0.2) is 0 Å². The van der Waals surface area contributed by atoms with Crippen LogP contribution in [0.3, 0.4) is 0 Å². The van der Waals surface area contributed by atoms with Gasteiger partial charge in [0.05, 0.1) is 6.61 Å². The highest BCUT2D eigenvalue weighted by atomic mass is 16.5. The van der Waals surface area contributed by atoms with Gasteiger partial charge in [0, 0.05) is 25.2 Å². The molecule has 108 valence electrons. The van der Waals surface area contributed by atoms with E-state index < -0.39 is 0 Å². The Balaban J connectivity index is 2.89. The number of hydrogen-bond acceptors (Lipinski definition) is 3. The summed E-state index contributed by atoms with van der Waals surface area (Å²) >= 11 is 0. The lowest BCUT2D eigenvalue weighted by atomic mass is 9.67. The standard InChI is InChI=1S/C15H32N2O/c1-6-17(13(2)10-18-5)15(12-16)9-7-8-14(3,4)11-15/h13H,6-12,16H2,1-5H3. The van der Waals surface area contributed by atoms with Crippen LogP contribution < -0.4 is 5.73 Å². The van der Waals surface area contributed by atoms with Gasteiger partial charge in [-0.05, 0) is 38.1 Å². The fourth-order valence-corrected chi connectivity index (χ4v) is 3.95. The molecular formula is C15H32N2O. The lowest BCUT2D eigenvalue weighted by Gasteiger charge is -2.52. The van der Waals surface area contributed by atoms with Crippen molar-refractivity contribution in [2.24, 2.45) is 11.1 Å². The minimum Gasteiger partial charge on any atom is -0.383 e. The van der Waals surface area contributed by atoms with Gasteiger partial charge in [-0.2, -0.15) is 0 Å². The largest absolute Gasteiger partial charge is 0.383 e. The first-order chi connectivity index (χ1) is 8.40. The van der Waals surface area contributed by atoms with Crippen LogP contribution in [0.4, 0.5) is 0 Å². The highest BCUT2D eigenvalue weighted by Crippen LogP contribution is 2.44. The van der Waals surface area contributed by atoms with Crippen molar-refractivity contribution in [2.45, 2.75) is 65.0 Å². The summed E-state index contributed by atoms with van der Waals surface area (Å²) in [7, 11) is 1.78. The second-order valence-electron chi connectivity index (χ2n) is 6.71. The number of methoxy groups -OCH3 is 1. The summed E-state index contributed by atoms with van der Waals surface area (Å²) in [6, 6.07) is 0.442. The molecule has 0 spiro atoms. The normalized spacial score (nSPS) is 29.5. The zero-order valence-electron chi connectivity index (χ0n) is 13.0. The molecule has 0 aromatic heterocycles. The molecule has 1 aliphatic rings. The summed E-state index contributed by atoms with van der Waals surface area (Å²) in [5.41, 5.74) is 6.78. The molecule has 2 N–H and O–H groups in total. The van der Waals surface area contributed by atoms with Crippen molar-refractivity contribution < 1.29 is 4.74 Å². The maximum Gasteiger partial charge on any atom is 0.0615 e. The second kappa shape index (κ2) is 6.36. The van der Waals surface area contributed by atoms with Gasteiger partial charge in [-0.3, -0.25) is 4.90 Å². The maximum atomic E-state index is 6.19. The first-order valence-electron chi connectivity index (χ1n) is 7.36. The fourth-order valence-electron chi connectivity index (χ4n) is 3.95. The zero-order valence-corrected chi connectivity index (χ0v) is 13.0. The smallest absolute Gasteiger partial charge is 0.0615 e. The molecule has 0 radical (unpaired) electrons. The molecule has 1 saturated carbocycles. The predicted molar refractivity (Wildman–Crippen MR) is 77.8 cm³/mol. The molecule has 0 aromatic carbocycles. The van der Waals surface area contributed by atoms with Crippen LogP contribution in [0.1, 0.15) is 53.4 Å². The Bertz CT molecular complexity index is 255. The molecule has 1 fully saturated rings. The Morgan fingerprint density at radius 2 is 2.00 bits per heavy atom. The van der Waals surface area contributed by atoms with Crippen LogP contribution in [0.2, 0.25) is 0 Å². The second-order valence-corrected chi connectivity index (χ2v) is 6.71. The van der Waals surface area contributed by atoms with Crippen molar-refractivity contribution in [1.29, 1.82) is 0 Å². The van der Waals surface area contributed by atoms with Gasteiger partial charge < -0.3 is 10.5 Å². The minimum atomic E-state index is 0.175. The number of rotatable bonds is 6. The average Bonchev–Trinajstić information content (AvgIpc) is 2.29. The van der Waals surface area contributed by atoms with E-state index in [1.54, 1.807) is 7.11 Å². The van der Waals surface area contributed by atoms with Crippen molar-refractivity contribution in [2.75, 3.05) is 26.8 Å². The summed E-state index contributed by atoms with van der Waals surface area (Å²) in [6.07, 6.45) is 5.05. The first-order valence-corrected chi connectivity index (χ1v) is 7.36. The average molecular weight is 256 g/mol. The molecule has 3 nitrogen and oxygen atoms in total. The Hall–Kier alpha value is -0.120. The van der Waals surface area contributed by atoms with Crippen LogP contribution in [-0.2, 0) is 4.74 Å². The van der Waals surface area contributed by atoms with Crippen LogP contribution in [0.5, 0.6) is 0 Å². The molecular weight excluding hydrogens is 224 g/mol. The van der Waals surface area contributed by atoms with Gasteiger partial charge in [0.15, 0.2) is 0 Å². The van der Waals surface area contributed by atoms with E-state index in [0.717, 1.165) is 19.7 Å². The van der Waals surface area contributed by atoms with Crippen molar-refractivity contribution >= 4 is 0 Å². The highest BCUT2D eigenvalue weighted by molar-refractivity contribution is 5.00. The molecule has 2 unspecified atom stereocenters. The van der Waals surface area contributed by atoms with Gasteiger partial charge in [0.1, 0.15) is 0 Å². The molecule has 3 heteroatoms. The van der Waals surface area contributed by atoms with Crippen LogP contribution >= 0.6 is 0 Å². The molecule has 0 amide bonds. The van der Waals surface area contributed by atoms with Gasteiger partial charge in [-0.15, -0.1) is 0 Å². The lowest BCUT2D eigenvalue weighted by molar-refractivity contribution is -0.0300. The number of likely N-dealkylation sites (N-methyl/N-ethyl adjacent to an activating group) is 1. The Labute approximate surface area is 113 Å². The van der Waals surface area contributed by atoms with Gasteiger partial charge in [-0.25, -0.2) is 0 Å². The van der Waals surface area contributed by atoms with Crippen molar-refractivity contribution in [3.05, 3.63) is 0 Å². The molecule has 18 heavy (non-hydrogen) atoms. The van der Waals surface area contributed by atoms with E-state index in [1.807, 2.05) is 0 Å². The fraction of sp³-hybridized carbons (Fsp3) is 1.00. The zero-order chi connectivity index (χ0) is 13.8. The first kappa shape index (κ1) is 15.9. The van der Waals surface area contributed by atoms with Crippen LogP contribution in [0.25, 0.3) is 0 Å². The summed E-state index contributed by atoms with van der Waals surface area (Å²) in [5, 5.41) is 0. The van der Waals surface area contributed by atoms with Gasteiger partial charge in [0.25, 0.3) is 0 Å². The number of hydrogen-bond donors (Lipinski definition) is 1. The van der Waals surface area contributed by atoms with Crippen molar-refractivity contribution in [3.63, 3.8) is 0 Å². The van der Waals surface area contributed by atoms with Crippen LogP contribution in [0, 0.1) is 5.41 Å². The Morgan fingerprint density at radius 3 is 2.44 bits per heavy atom. The van der Waals surface area contributed by atoms with E-state index in [9.17, 15) is 0 Å². The highest BCUT2D eigenvalue weighted by Gasteiger charge is 2.44. The summed E-state index contributed by atoms with van der Waals surface area (Å²) in [5.74, 6) is 0. The molecule has 1 rings (SSSR count). The number of nitrogens with two attached hydrogens (primary N) is 1. The van der Waals surface area contributed by atoms with E-state index >= 15 is 0 Å². The third-order valence-corrected chi connectivity index (χ3v) is 4.57. The molecule has 0 saturated heterocycles. The number of nitrogens with zero attached hydrogens (tertiary/aromatic N) is 1. The maximum absolute atomic E-state index is 6.19. The predicted octanol–water partition coefficient (Wildman–Crippen LogP) is 2.64. The lowest BCUT2D eigenvalue weighted by Crippen LogP contribution is -2.61. The van der Waals surface area contributed by atoms with Gasteiger partial charge >= 0.3 is 0 Å². The van der Waals surface area contributed by atoms with E-state index in [-0.39, 0.29) is 5.54 Å². The molecule has 0 aromatic rings. The van der Waals surface area contributed by atoms with E-state index in [4.69, 9.17) is 10.5 Å². The van der Waals surface area contributed by atoms with E-state index in [2.05, 4.69) is 32.6 Å². The summed E-state index contributed by atoms with van der Waals surface area (Å²) in [4.78, 5) is 2.58. The molecule has 0 bridgehead atoms. The number of ether oxygens (including phenoxy) is 1. The molecule has 2 atom stereocenters. The quantitative estimate of drug-likeness (QED) is 0.794. The molecule has 0 heterocycles. The Morgan fingerprint density at radius 1 is 1.33 bits per heavy atom. The Kier molecular flexibility index (Phi) is 5.63. The van der Waals surface area contributed by atoms with E-state index in [0.29, 0.717) is 11.5 Å². The minimum absolute atomic E-state index is 0.175. The third-order valence-electron chi connectivity index (χ3n) is 4.57. The van der Waals surface area contributed by atoms with Gasteiger partial charge in [0.2, 0.25) is 0 Å². The third kappa shape index (κ3) is 3.46. The SMILES string of the molecule is CCN(C(C)COC)C1(CN)CCCC(C)(C)C1. The topological polar surface area (TPSA) is 38.5 Å². The van der Waals surface area contributed by atoms with Crippen molar-refractivity contribution in [3.8, 4) is 0 Å². The van der Waals surface area contributed by atoms with Crippen molar-refractivity contribution in [1.82, 2.24) is 4.90 Å². The van der Waals surface area contributed by atoms with Crippen LogP contribution in [-0.4, -0.2) is 43.3 Å². The summed E-state index contributed by atoms with van der Waals surface area (Å²) in [6.45, 7) is 11.9. The summed E-state index contributed by atoms with van der Waals surface area (Å²) < 4.78 is 5.34. The monoisotopic (exact) mass is 256 g/mol. The molecule has 1 aliphatic carbocycles. The van der Waals surface area contributed by atoms with Gasteiger partial charge in [-0.1, -0.05) is 27.2 Å². The van der Waals surface area contributed by atoms with E-state index in [1.165, 1.54) is 25.7 Å². The molecule has 0 aliphatic heterocycles.